The van der Waals surface area contributed by atoms with Crippen molar-refractivity contribution in [3.8, 4) is 0 Å². The zero-order valence-corrected chi connectivity index (χ0v) is 13.1. The van der Waals surface area contributed by atoms with Gasteiger partial charge < -0.3 is 14.8 Å². The van der Waals surface area contributed by atoms with Gasteiger partial charge in [0.15, 0.2) is 5.82 Å². The SMILES string of the molecule is CCn1c(C)cc(CNc2cccnc2N(C)C)c1C. The molecule has 4 heteroatoms. The molecule has 108 valence electrons. The lowest BCUT2D eigenvalue weighted by atomic mass is 10.2. The maximum Gasteiger partial charge on any atom is 0.151 e. The molecule has 1 N–H and O–H groups in total. The van der Waals surface area contributed by atoms with Crippen molar-refractivity contribution in [3.05, 3.63) is 41.3 Å². The second-order valence-corrected chi connectivity index (χ2v) is 5.26. The van der Waals surface area contributed by atoms with Crippen LogP contribution in [0.1, 0.15) is 23.9 Å². The Balaban J connectivity index is 2.17. The fourth-order valence-electron chi connectivity index (χ4n) is 2.62. The molecule has 0 unspecified atom stereocenters. The van der Waals surface area contributed by atoms with Crippen molar-refractivity contribution in [3.63, 3.8) is 0 Å². The van der Waals surface area contributed by atoms with Crippen LogP contribution >= 0.6 is 0 Å². The average Bonchev–Trinajstić information content (AvgIpc) is 2.70. The van der Waals surface area contributed by atoms with Gasteiger partial charge in [0.2, 0.25) is 0 Å². The quantitative estimate of drug-likeness (QED) is 0.907. The van der Waals surface area contributed by atoms with Gasteiger partial charge >= 0.3 is 0 Å². The number of aromatic nitrogens is 2. The Bertz CT molecular complexity index is 584. The Morgan fingerprint density at radius 1 is 1.30 bits per heavy atom. The summed E-state index contributed by atoms with van der Waals surface area (Å²) in [4.78, 5) is 6.44. The van der Waals surface area contributed by atoms with Crippen molar-refractivity contribution in [2.45, 2.75) is 33.9 Å². The molecule has 0 saturated carbocycles. The molecule has 0 aliphatic carbocycles. The minimum absolute atomic E-state index is 0.826. The van der Waals surface area contributed by atoms with E-state index >= 15 is 0 Å². The molecule has 0 aromatic carbocycles. The van der Waals surface area contributed by atoms with Crippen molar-refractivity contribution in [1.82, 2.24) is 9.55 Å². The van der Waals surface area contributed by atoms with Crippen molar-refractivity contribution < 1.29 is 0 Å². The molecule has 0 bridgehead atoms. The topological polar surface area (TPSA) is 33.1 Å². The summed E-state index contributed by atoms with van der Waals surface area (Å²) in [5.74, 6) is 0.969. The van der Waals surface area contributed by atoms with E-state index in [-0.39, 0.29) is 0 Å². The first-order valence-electron chi connectivity index (χ1n) is 7.06. The third-order valence-corrected chi connectivity index (χ3v) is 3.67. The molecule has 2 heterocycles. The largest absolute Gasteiger partial charge is 0.378 e. The van der Waals surface area contributed by atoms with Gasteiger partial charge in [-0.2, -0.15) is 0 Å². The van der Waals surface area contributed by atoms with Gasteiger partial charge in [-0.15, -0.1) is 0 Å². The van der Waals surface area contributed by atoms with E-state index in [0.717, 1.165) is 24.6 Å². The number of aryl methyl sites for hydroxylation is 1. The Morgan fingerprint density at radius 3 is 2.65 bits per heavy atom. The first-order chi connectivity index (χ1) is 9.54. The van der Waals surface area contributed by atoms with E-state index in [2.05, 4.69) is 47.8 Å². The standard InChI is InChI=1S/C16H24N4/c1-6-20-12(2)10-14(13(20)3)11-18-15-8-7-9-17-16(15)19(4)5/h7-10,18H,6,11H2,1-5H3. The molecular formula is C16H24N4. The normalized spacial score (nSPS) is 10.7. The molecule has 2 rings (SSSR count). The van der Waals surface area contributed by atoms with Crippen molar-refractivity contribution in [1.29, 1.82) is 0 Å². The van der Waals surface area contributed by atoms with Crippen LogP contribution in [0.25, 0.3) is 0 Å². The summed E-state index contributed by atoms with van der Waals surface area (Å²) in [6, 6.07) is 6.30. The minimum Gasteiger partial charge on any atom is -0.378 e. The highest BCUT2D eigenvalue weighted by molar-refractivity contribution is 5.64. The van der Waals surface area contributed by atoms with Gasteiger partial charge in [-0.3, -0.25) is 0 Å². The van der Waals surface area contributed by atoms with E-state index in [1.54, 1.807) is 0 Å². The lowest BCUT2D eigenvalue weighted by Gasteiger charge is -2.17. The molecule has 0 radical (unpaired) electrons. The fraction of sp³-hybridized carbons (Fsp3) is 0.438. The first-order valence-corrected chi connectivity index (χ1v) is 7.06. The number of hydrogen-bond acceptors (Lipinski definition) is 3. The van der Waals surface area contributed by atoms with Crippen LogP contribution in [0.4, 0.5) is 11.5 Å². The van der Waals surface area contributed by atoms with Crippen LogP contribution in [-0.2, 0) is 13.1 Å². The maximum absolute atomic E-state index is 4.41. The number of anilines is 2. The Hall–Kier alpha value is -1.97. The summed E-state index contributed by atoms with van der Waals surface area (Å²) in [6.07, 6.45) is 1.82. The lowest BCUT2D eigenvalue weighted by Crippen LogP contribution is -2.14. The van der Waals surface area contributed by atoms with Crippen LogP contribution in [0.3, 0.4) is 0 Å². The fourth-order valence-corrected chi connectivity index (χ4v) is 2.62. The molecule has 0 fully saturated rings. The summed E-state index contributed by atoms with van der Waals surface area (Å²) < 4.78 is 2.34. The van der Waals surface area contributed by atoms with Crippen molar-refractivity contribution in [2.24, 2.45) is 0 Å². The Kier molecular flexibility index (Phi) is 4.32. The molecule has 0 aliphatic heterocycles. The molecule has 0 saturated heterocycles. The zero-order chi connectivity index (χ0) is 14.7. The van der Waals surface area contributed by atoms with Crippen LogP contribution in [0.2, 0.25) is 0 Å². The maximum atomic E-state index is 4.41. The van der Waals surface area contributed by atoms with Gasteiger partial charge in [-0.05, 0) is 44.5 Å². The molecule has 4 nitrogen and oxygen atoms in total. The van der Waals surface area contributed by atoms with E-state index in [4.69, 9.17) is 0 Å². The van der Waals surface area contributed by atoms with Crippen LogP contribution < -0.4 is 10.2 Å². The smallest absolute Gasteiger partial charge is 0.151 e. The van der Waals surface area contributed by atoms with E-state index < -0.39 is 0 Å². The van der Waals surface area contributed by atoms with Gasteiger partial charge in [0.1, 0.15) is 0 Å². The highest BCUT2D eigenvalue weighted by atomic mass is 15.2. The number of nitrogens with one attached hydrogen (secondary N) is 1. The molecule has 2 aromatic heterocycles. The van der Waals surface area contributed by atoms with Crippen molar-refractivity contribution in [2.75, 3.05) is 24.3 Å². The first kappa shape index (κ1) is 14.4. The second-order valence-electron chi connectivity index (χ2n) is 5.26. The average molecular weight is 272 g/mol. The van der Waals surface area contributed by atoms with Gasteiger partial charge in [0, 0.05) is 44.8 Å². The van der Waals surface area contributed by atoms with Gasteiger partial charge in [-0.1, -0.05) is 0 Å². The summed E-state index contributed by atoms with van der Waals surface area (Å²) in [5, 5.41) is 3.50. The molecule has 0 spiro atoms. The molecule has 2 aromatic rings. The molecular weight excluding hydrogens is 248 g/mol. The van der Waals surface area contributed by atoms with Crippen LogP contribution in [0, 0.1) is 13.8 Å². The third kappa shape index (κ3) is 2.79. The lowest BCUT2D eigenvalue weighted by molar-refractivity contribution is 0.715. The summed E-state index contributed by atoms with van der Waals surface area (Å²) in [6.45, 7) is 8.38. The van der Waals surface area contributed by atoms with E-state index in [1.807, 2.05) is 31.3 Å². The molecule has 0 aliphatic rings. The summed E-state index contributed by atoms with van der Waals surface area (Å²) >= 11 is 0. The highest BCUT2D eigenvalue weighted by Crippen LogP contribution is 2.22. The summed E-state index contributed by atoms with van der Waals surface area (Å²) in [7, 11) is 4.02. The molecule has 20 heavy (non-hydrogen) atoms. The van der Waals surface area contributed by atoms with Crippen LogP contribution in [-0.4, -0.2) is 23.6 Å². The van der Waals surface area contributed by atoms with Gasteiger partial charge in [0.05, 0.1) is 5.69 Å². The predicted octanol–water partition coefficient (Wildman–Crippen LogP) is 3.20. The van der Waals surface area contributed by atoms with Crippen molar-refractivity contribution >= 4 is 11.5 Å². The number of hydrogen-bond donors (Lipinski definition) is 1. The van der Waals surface area contributed by atoms with E-state index in [0.29, 0.717) is 0 Å². The number of pyridine rings is 1. The third-order valence-electron chi connectivity index (χ3n) is 3.67. The predicted molar refractivity (Wildman–Crippen MR) is 85.5 cm³/mol. The van der Waals surface area contributed by atoms with E-state index in [9.17, 15) is 0 Å². The zero-order valence-electron chi connectivity index (χ0n) is 13.1. The number of nitrogens with zero attached hydrogens (tertiary/aromatic N) is 3. The molecule has 0 atom stereocenters. The Labute approximate surface area is 121 Å². The molecule has 0 amide bonds. The number of rotatable bonds is 5. The second kappa shape index (κ2) is 5.99. The van der Waals surface area contributed by atoms with Gasteiger partial charge in [-0.25, -0.2) is 4.98 Å². The summed E-state index contributed by atoms with van der Waals surface area (Å²) in [5.41, 5.74) is 5.07. The monoisotopic (exact) mass is 272 g/mol. The Morgan fingerprint density at radius 2 is 2.05 bits per heavy atom. The van der Waals surface area contributed by atoms with Crippen LogP contribution in [0.15, 0.2) is 24.4 Å². The minimum atomic E-state index is 0.826. The van der Waals surface area contributed by atoms with Gasteiger partial charge in [0.25, 0.3) is 0 Å². The van der Waals surface area contributed by atoms with E-state index in [1.165, 1.54) is 17.0 Å². The van der Waals surface area contributed by atoms with Crippen LogP contribution in [0.5, 0.6) is 0 Å². The highest BCUT2D eigenvalue weighted by Gasteiger charge is 2.09.